The number of hydrogen-bond acceptors (Lipinski definition) is 5. The summed E-state index contributed by atoms with van der Waals surface area (Å²) in [5.41, 5.74) is 2.52. The predicted octanol–water partition coefficient (Wildman–Crippen LogP) is 2.53. The molecule has 0 saturated heterocycles. The van der Waals surface area contributed by atoms with E-state index >= 15 is 0 Å². The van der Waals surface area contributed by atoms with Gasteiger partial charge in [0.1, 0.15) is 11.9 Å². The van der Waals surface area contributed by atoms with Crippen molar-refractivity contribution in [2.45, 2.75) is 39.2 Å². The molecule has 0 aliphatic carbocycles. The zero-order chi connectivity index (χ0) is 14.5. The molecule has 0 bridgehead atoms. The molecule has 108 valence electrons. The zero-order valence-electron chi connectivity index (χ0n) is 11.8. The van der Waals surface area contributed by atoms with E-state index in [2.05, 4.69) is 5.16 Å². The van der Waals surface area contributed by atoms with Crippen molar-refractivity contribution < 1.29 is 19.5 Å². The summed E-state index contributed by atoms with van der Waals surface area (Å²) < 4.78 is 10.7. The molecule has 0 unspecified atom stereocenters. The maximum absolute atomic E-state index is 11.5. The SMILES string of the molecule is CCOC(=O)C[C@@H]1CCc2cc(/C(C)=N/O)ccc2O1. The van der Waals surface area contributed by atoms with E-state index < -0.39 is 0 Å². The number of rotatable bonds is 4. The van der Waals surface area contributed by atoms with Crippen LogP contribution in [0.1, 0.15) is 37.8 Å². The van der Waals surface area contributed by atoms with Gasteiger partial charge in [-0.2, -0.15) is 0 Å². The molecule has 20 heavy (non-hydrogen) atoms. The van der Waals surface area contributed by atoms with Crippen LogP contribution in [0.3, 0.4) is 0 Å². The average Bonchev–Trinajstić information content (AvgIpc) is 2.46. The van der Waals surface area contributed by atoms with Gasteiger partial charge in [-0.15, -0.1) is 0 Å². The number of fused-ring (bicyclic) bond motifs is 1. The fourth-order valence-electron chi connectivity index (χ4n) is 2.28. The minimum atomic E-state index is -0.221. The van der Waals surface area contributed by atoms with Gasteiger partial charge in [-0.3, -0.25) is 4.79 Å². The molecule has 1 atom stereocenters. The van der Waals surface area contributed by atoms with Crippen LogP contribution in [0.4, 0.5) is 0 Å². The van der Waals surface area contributed by atoms with Crippen LogP contribution in [0.2, 0.25) is 0 Å². The number of benzene rings is 1. The molecular formula is C15H19NO4. The lowest BCUT2D eigenvalue weighted by Gasteiger charge is -2.25. The Morgan fingerprint density at radius 3 is 3.05 bits per heavy atom. The van der Waals surface area contributed by atoms with Crippen LogP contribution in [0.15, 0.2) is 23.4 Å². The number of ether oxygens (including phenoxy) is 2. The highest BCUT2D eigenvalue weighted by Crippen LogP contribution is 2.29. The molecule has 2 rings (SSSR count). The van der Waals surface area contributed by atoms with Gasteiger partial charge in [-0.1, -0.05) is 5.16 Å². The van der Waals surface area contributed by atoms with Gasteiger partial charge in [0, 0.05) is 0 Å². The third kappa shape index (κ3) is 3.29. The number of nitrogens with zero attached hydrogens (tertiary/aromatic N) is 1. The minimum absolute atomic E-state index is 0.125. The molecule has 1 heterocycles. The molecule has 1 aromatic carbocycles. The largest absolute Gasteiger partial charge is 0.490 e. The van der Waals surface area contributed by atoms with Gasteiger partial charge >= 0.3 is 5.97 Å². The number of oxime groups is 1. The number of carbonyl (C=O) groups is 1. The number of hydrogen-bond donors (Lipinski definition) is 1. The lowest BCUT2D eigenvalue weighted by Crippen LogP contribution is -2.26. The topological polar surface area (TPSA) is 68.1 Å². The van der Waals surface area contributed by atoms with Crippen molar-refractivity contribution >= 4 is 11.7 Å². The molecule has 5 heteroatoms. The first-order valence-corrected chi connectivity index (χ1v) is 6.78. The standard InChI is InChI=1S/C15H19NO4/c1-3-19-15(17)9-13-6-4-12-8-11(10(2)16-18)5-7-14(12)20-13/h5,7-8,13,18H,3-4,6,9H2,1-2H3/b16-10+/t13-/m0/s1. The lowest BCUT2D eigenvalue weighted by atomic mass is 9.97. The number of esters is 1. The summed E-state index contributed by atoms with van der Waals surface area (Å²) in [6, 6.07) is 5.67. The smallest absolute Gasteiger partial charge is 0.309 e. The van der Waals surface area contributed by atoms with Crippen LogP contribution in [0.5, 0.6) is 5.75 Å². The fraction of sp³-hybridized carbons (Fsp3) is 0.467. The average molecular weight is 277 g/mol. The van der Waals surface area contributed by atoms with Crippen LogP contribution >= 0.6 is 0 Å². The lowest BCUT2D eigenvalue weighted by molar-refractivity contribution is -0.145. The molecule has 0 radical (unpaired) electrons. The normalized spacial score (nSPS) is 18.1. The monoisotopic (exact) mass is 277 g/mol. The minimum Gasteiger partial charge on any atom is -0.490 e. The Balaban J connectivity index is 2.06. The molecule has 0 spiro atoms. The number of aryl methyl sites for hydroxylation is 1. The van der Waals surface area contributed by atoms with E-state index in [4.69, 9.17) is 14.7 Å². The van der Waals surface area contributed by atoms with Gasteiger partial charge in [-0.25, -0.2) is 0 Å². The van der Waals surface area contributed by atoms with E-state index in [0.717, 1.165) is 29.7 Å². The van der Waals surface area contributed by atoms with Crippen LogP contribution in [0, 0.1) is 0 Å². The molecule has 1 aliphatic heterocycles. The first-order chi connectivity index (χ1) is 9.63. The maximum Gasteiger partial charge on any atom is 0.309 e. The van der Waals surface area contributed by atoms with Crippen LogP contribution in [-0.2, 0) is 16.0 Å². The Morgan fingerprint density at radius 1 is 1.55 bits per heavy atom. The third-order valence-corrected chi connectivity index (χ3v) is 3.36. The molecule has 0 amide bonds. The highest BCUT2D eigenvalue weighted by atomic mass is 16.5. The predicted molar refractivity (Wildman–Crippen MR) is 74.4 cm³/mol. The maximum atomic E-state index is 11.5. The Kier molecular flexibility index (Phi) is 4.61. The summed E-state index contributed by atoms with van der Waals surface area (Å²) in [6.45, 7) is 3.93. The molecule has 5 nitrogen and oxygen atoms in total. The van der Waals surface area contributed by atoms with Crippen molar-refractivity contribution in [3.63, 3.8) is 0 Å². The second-order valence-corrected chi connectivity index (χ2v) is 4.80. The number of carbonyl (C=O) groups excluding carboxylic acids is 1. The summed E-state index contributed by atoms with van der Waals surface area (Å²) in [5, 5.41) is 12.0. The van der Waals surface area contributed by atoms with Gasteiger partial charge in [-0.05, 0) is 56.0 Å². The second kappa shape index (κ2) is 6.41. The van der Waals surface area contributed by atoms with Crippen molar-refractivity contribution in [3.05, 3.63) is 29.3 Å². The molecule has 0 aromatic heterocycles. The van der Waals surface area contributed by atoms with E-state index in [1.165, 1.54) is 0 Å². The molecule has 0 saturated carbocycles. The van der Waals surface area contributed by atoms with Gasteiger partial charge < -0.3 is 14.7 Å². The first kappa shape index (κ1) is 14.4. The molecule has 1 aromatic rings. The molecule has 1 aliphatic rings. The van der Waals surface area contributed by atoms with Crippen molar-refractivity contribution in [2.24, 2.45) is 5.16 Å². The molecular weight excluding hydrogens is 258 g/mol. The van der Waals surface area contributed by atoms with Crippen molar-refractivity contribution in [1.82, 2.24) is 0 Å². The zero-order valence-corrected chi connectivity index (χ0v) is 11.8. The van der Waals surface area contributed by atoms with Crippen LogP contribution in [0.25, 0.3) is 0 Å². The van der Waals surface area contributed by atoms with E-state index in [1.54, 1.807) is 13.8 Å². The van der Waals surface area contributed by atoms with Crippen molar-refractivity contribution in [2.75, 3.05) is 6.61 Å². The van der Waals surface area contributed by atoms with E-state index in [0.29, 0.717) is 12.3 Å². The first-order valence-electron chi connectivity index (χ1n) is 6.78. The summed E-state index contributed by atoms with van der Waals surface area (Å²) >= 11 is 0. The summed E-state index contributed by atoms with van der Waals surface area (Å²) in [7, 11) is 0. The van der Waals surface area contributed by atoms with Gasteiger partial charge in [0.05, 0.1) is 18.7 Å². The van der Waals surface area contributed by atoms with E-state index in [9.17, 15) is 4.79 Å². The van der Waals surface area contributed by atoms with E-state index in [-0.39, 0.29) is 18.5 Å². The van der Waals surface area contributed by atoms with Gasteiger partial charge in [0.15, 0.2) is 0 Å². The Labute approximate surface area is 118 Å². The van der Waals surface area contributed by atoms with Gasteiger partial charge in [0.25, 0.3) is 0 Å². The highest BCUT2D eigenvalue weighted by Gasteiger charge is 2.23. The van der Waals surface area contributed by atoms with E-state index in [1.807, 2.05) is 18.2 Å². The summed E-state index contributed by atoms with van der Waals surface area (Å²) in [6.07, 6.45) is 1.78. The molecule has 1 N–H and O–H groups in total. The highest BCUT2D eigenvalue weighted by molar-refractivity contribution is 5.98. The Morgan fingerprint density at radius 2 is 2.35 bits per heavy atom. The van der Waals surface area contributed by atoms with Crippen molar-refractivity contribution in [3.8, 4) is 5.75 Å². The fourth-order valence-corrected chi connectivity index (χ4v) is 2.28. The summed E-state index contributed by atoms with van der Waals surface area (Å²) in [5.74, 6) is 0.570. The van der Waals surface area contributed by atoms with Crippen LogP contribution in [-0.4, -0.2) is 29.6 Å². The Bertz CT molecular complexity index is 525. The van der Waals surface area contributed by atoms with Crippen LogP contribution < -0.4 is 4.74 Å². The van der Waals surface area contributed by atoms with Crippen molar-refractivity contribution in [1.29, 1.82) is 0 Å². The Hall–Kier alpha value is -2.04. The summed E-state index contributed by atoms with van der Waals surface area (Å²) in [4.78, 5) is 11.5. The second-order valence-electron chi connectivity index (χ2n) is 4.80. The molecule has 0 fully saturated rings. The quantitative estimate of drug-likeness (QED) is 0.397. The third-order valence-electron chi connectivity index (χ3n) is 3.36. The van der Waals surface area contributed by atoms with Gasteiger partial charge in [0.2, 0.25) is 0 Å².